The Morgan fingerprint density at radius 3 is 1.92 bits per heavy atom. The second kappa shape index (κ2) is 6.51. The van der Waals surface area contributed by atoms with Crippen LogP contribution in [0, 0.1) is 16.0 Å². The molecule has 1 atom stereocenters. The van der Waals surface area contributed by atoms with E-state index in [0.717, 1.165) is 16.2 Å². The minimum Gasteiger partial charge on any atom is -0.457 e. The van der Waals surface area contributed by atoms with E-state index in [1.165, 1.54) is 0 Å². The molecular formula is C20H19NO4. The van der Waals surface area contributed by atoms with Crippen LogP contribution in [0.4, 0.5) is 5.69 Å². The number of hydrogen-bond donors (Lipinski definition) is 0. The van der Waals surface area contributed by atoms with Gasteiger partial charge in [0.1, 0.15) is 6.10 Å². The van der Waals surface area contributed by atoms with Crippen molar-refractivity contribution in [2.75, 3.05) is 0 Å². The third-order valence-corrected chi connectivity index (χ3v) is 4.30. The van der Waals surface area contributed by atoms with Crippen molar-refractivity contribution in [1.29, 1.82) is 0 Å². The van der Waals surface area contributed by atoms with Crippen LogP contribution in [0.25, 0.3) is 21.5 Å². The van der Waals surface area contributed by atoms with Crippen molar-refractivity contribution in [3.8, 4) is 0 Å². The van der Waals surface area contributed by atoms with Crippen LogP contribution >= 0.6 is 0 Å². The highest BCUT2D eigenvalue weighted by Crippen LogP contribution is 2.41. The zero-order chi connectivity index (χ0) is 18.1. The molecule has 0 fully saturated rings. The number of ether oxygens (including phenoxy) is 1. The fraction of sp³-hybridized carbons (Fsp3) is 0.250. The van der Waals surface area contributed by atoms with Crippen LogP contribution < -0.4 is 0 Å². The summed E-state index contributed by atoms with van der Waals surface area (Å²) < 4.78 is 5.50. The van der Waals surface area contributed by atoms with Gasteiger partial charge in [-0.25, -0.2) is 0 Å². The first-order valence-corrected chi connectivity index (χ1v) is 8.20. The summed E-state index contributed by atoms with van der Waals surface area (Å²) in [5.74, 6) is -0.674. The van der Waals surface area contributed by atoms with Crippen molar-refractivity contribution >= 4 is 33.2 Å². The van der Waals surface area contributed by atoms with Gasteiger partial charge in [0.25, 0.3) is 5.69 Å². The molecule has 5 nitrogen and oxygen atoms in total. The smallest absolute Gasteiger partial charge is 0.308 e. The standard InChI is InChI=1S/C20H19NO4/c1-12(2)20(22)25-13(3)18-16-10-6-4-8-14(16)15-9-5-7-11-17(15)19(18)21(23)24/h4-13H,1-3H3. The lowest BCUT2D eigenvalue weighted by Gasteiger charge is -2.19. The Morgan fingerprint density at radius 2 is 1.40 bits per heavy atom. The molecule has 0 aliphatic carbocycles. The van der Waals surface area contributed by atoms with Crippen LogP contribution in [-0.4, -0.2) is 10.9 Å². The minimum absolute atomic E-state index is 0.00152. The Morgan fingerprint density at radius 1 is 0.920 bits per heavy atom. The van der Waals surface area contributed by atoms with Gasteiger partial charge < -0.3 is 4.74 Å². The van der Waals surface area contributed by atoms with E-state index < -0.39 is 6.10 Å². The Kier molecular flexibility index (Phi) is 4.40. The van der Waals surface area contributed by atoms with Crippen LogP contribution in [-0.2, 0) is 9.53 Å². The predicted molar refractivity (Wildman–Crippen MR) is 97.5 cm³/mol. The van der Waals surface area contributed by atoms with Gasteiger partial charge in [-0.2, -0.15) is 0 Å². The molecular weight excluding hydrogens is 318 g/mol. The first-order valence-electron chi connectivity index (χ1n) is 8.20. The summed E-state index contributed by atoms with van der Waals surface area (Å²) in [6.45, 7) is 5.16. The molecule has 0 spiro atoms. The summed E-state index contributed by atoms with van der Waals surface area (Å²) in [5, 5.41) is 14.9. The molecule has 1 unspecified atom stereocenters. The summed E-state index contributed by atoms with van der Waals surface area (Å²) in [5.41, 5.74) is 0.437. The van der Waals surface area contributed by atoms with E-state index in [1.54, 1.807) is 32.9 Å². The van der Waals surface area contributed by atoms with Crippen molar-refractivity contribution < 1.29 is 14.5 Å². The largest absolute Gasteiger partial charge is 0.457 e. The fourth-order valence-corrected chi connectivity index (χ4v) is 3.13. The van der Waals surface area contributed by atoms with E-state index in [0.29, 0.717) is 10.9 Å². The highest BCUT2D eigenvalue weighted by atomic mass is 16.6. The molecule has 0 heterocycles. The van der Waals surface area contributed by atoms with Gasteiger partial charge in [-0.15, -0.1) is 0 Å². The molecule has 0 saturated carbocycles. The molecule has 0 aliphatic rings. The molecule has 0 N–H and O–H groups in total. The Labute approximate surface area is 145 Å². The Balaban J connectivity index is 2.36. The molecule has 0 aliphatic heterocycles. The number of nitrogens with zero attached hydrogens (tertiary/aromatic N) is 1. The van der Waals surface area contributed by atoms with Crippen LogP contribution in [0.1, 0.15) is 32.4 Å². The highest BCUT2D eigenvalue weighted by molar-refractivity contribution is 6.13. The monoisotopic (exact) mass is 337 g/mol. The van der Waals surface area contributed by atoms with Crippen molar-refractivity contribution in [3.05, 3.63) is 64.2 Å². The molecule has 0 saturated heterocycles. The second-order valence-electron chi connectivity index (χ2n) is 6.34. The van der Waals surface area contributed by atoms with Crippen molar-refractivity contribution in [3.63, 3.8) is 0 Å². The Hall–Kier alpha value is -2.95. The molecule has 5 heteroatoms. The maximum Gasteiger partial charge on any atom is 0.308 e. The lowest BCUT2D eigenvalue weighted by atomic mass is 9.92. The van der Waals surface area contributed by atoms with Crippen molar-refractivity contribution in [1.82, 2.24) is 0 Å². The number of nitro groups is 1. The maximum atomic E-state index is 12.0. The summed E-state index contributed by atoms with van der Waals surface area (Å²) in [7, 11) is 0. The van der Waals surface area contributed by atoms with Crippen molar-refractivity contribution in [2.45, 2.75) is 26.9 Å². The van der Waals surface area contributed by atoms with Gasteiger partial charge in [0.15, 0.2) is 0 Å². The SMILES string of the molecule is CC(C)C(=O)OC(C)c1c([N+](=O)[O-])c2ccccc2c2ccccc12. The van der Waals surface area contributed by atoms with Gasteiger partial charge in [0.2, 0.25) is 0 Å². The maximum absolute atomic E-state index is 12.0. The Bertz CT molecular complexity index is 978. The lowest BCUT2D eigenvalue weighted by molar-refractivity contribution is -0.384. The van der Waals surface area contributed by atoms with Crippen LogP contribution in [0.5, 0.6) is 0 Å². The van der Waals surface area contributed by atoms with Gasteiger partial charge in [0, 0.05) is 0 Å². The zero-order valence-corrected chi connectivity index (χ0v) is 14.4. The summed E-state index contributed by atoms with van der Waals surface area (Å²) in [4.78, 5) is 23.5. The predicted octanol–water partition coefficient (Wildman–Crippen LogP) is 5.16. The molecule has 0 amide bonds. The topological polar surface area (TPSA) is 69.4 Å². The van der Waals surface area contributed by atoms with E-state index in [9.17, 15) is 14.9 Å². The van der Waals surface area contributed by atoms with Crippen LogP contribution in [0.3, 0.4) is 0 Å². The minimum atomic E-state index is -0.718. The number of rotatable bonds is 4. The van der Waals surface area contributed by atoms with E-state index in [1.807, 2.05) is 36.4 Å². The molecule has 3 rings (SSSR count). The summed E-state index contributed by atoms with van der Waals surface area (Å²) in [6.07, 6.45) is -0.718. The number of nitro benzene ring substituents is 1. The van der Waals surface area contributed by atoms with Crippen LogP contribution in [0.2, 0.25) is 0 Å². The number of fused-ring (bicyclic) bond motifs is 3. The van der Waals surface area contributed by atoms with Gasteiger partial charge in [-0.3, -0.25) is 14.9 Å². The third-order valence-electron chi connectivity index (χ3n) is 4.30. The number of benzene rings is 3. The summed E-state index contributed by atoms with van der Waals surface area (Å²) >= 11 is 0. The summed E-state index contributed by atoms with van der Waals surface area (Å²) in [6, 6.07) is 14.8. The lowest BCUT2D eigenvalue weighted by Crippen LogP contribution is -2.15. The normalized spacial score (nSPS) is 12.5. The average molecular weight is 337 g/mol. The van der Waals surface area contributed by atoms with Gasteiger partial charge in [0.05, 0.1) is 21.8 Å². The molecule has 0 bridgehead atoms. The molecule has 0 aromatic heterocycles. The van der Waals surface area contributed by atoms with Gasteiger partial charge in [-0.05, 0) is 29.1 Å². The van der Waals surface area contributed by atoms with Crippen LogP contribution in [0.15, 0.2) is 48.5 Å². The third kappa shape index (κ3) is 2.93. The van der Waals surface area contributed by atoms with Crippen molar-refractivity contribution in [2.24, 2.45) is 5.92 Å². The first-order chi connectivity index (χ1) is 11.9. The van der Waals surface area contributed by atoms with Gasteiger partial charge >= 0.3 is 5.97 Å². The molecule has 128 valence electrons. The average Bonchev–Trinajstić information content (AvgIpc) is 2.60. The number of carbonyl (C=O) groups excluding carboxylic acids is 1. The highest BCUT2D eigenvalue weighted by Gasteiger charge is 2.28. The number of carbonyl (C=O) groups is 1. The van der Waals surface area contributed by atoms with E-state index in [2.05, 4.69) is 0 Å². The van der Waals surface area contributed by atoms with E-state index in [4.69, 9.17) is 4.74 Å². The zero-order valence-electron chi connectivity index (χ0n) is 14.4. The molecule has 3 aromatic rings. The van der Waals surface area contributed by atoms with E-state index >= 15 is 0 Å². The van der Waals surface area contributed by atoms with E-state index in [-0.39, 0.29) is 22.5 Å². The van der Waals surface area contributed by atoms with Gasteiger partial charge in [-0.1, -0.05) is 56.3 Å². The second-order valence-corrected chi connectivity index (χ2v) is 6.34. The quantitative estimate of drug-likeness (QED) is 0.285. The number of hydrogen-bond acceptors (Lipinski definition) is 4. The number of esters is 1. The molecule has 25 heavy (non-hydrogen) atoms. The fourth-order valence-electron chi connectivity index (χ4n) is 3.13. The molecule has 0 radical (unpaired) electrons. The molecule has 3 aromatic carbocycles. The first kappa shape index (κ1) is 16.9.